The predicted octanol–water partition coefficient (Wildman–Crippen LogP) is 3.05. The van der Waals surface area contributed by atoms with Crippen LogP contribution in [-0.2, 0) is 5.41 Å². The Morgan fingerprint density at radius 2 is 1.63 bits per heavy atom. The maximum absolute atomic E-state index is 5.86. The van der Waals surface area contributed by atoms with E-state index >= 15 is 0 Å². The Balaban J connectivity index is 1.36. The first-order chi connectivity index (χ1) is 18.5. The van der Waals surface area contributed by atoms with Crippen molar-refractivity contribution in [2.45, 2.75) is 19.3 Å². The third-order valence-electron chi connectivity index (χ3n) is 10.7. The van der Waals surface area contributed by atoms with E-state index in [-0.39, 0.29) is 19.6 Å². The molecule has 5 radical (unpaired) electrons. The molecule has 0 saturated carbocycles. The monoisotopic (exact) mass is 510 g/mol. The summed E-state index contributed by atoms with van der Waals surface area (Å²) in [7, 11) is 2.40. The summed E-state index contributed by atoms with van der Waals surface area (Å²) in [5.41, 5.74) is 11.6. The van der Waals surface area contributed by atoms with Crippen molar-refractivity contribution in [3.8, 4) is 5.69 Å². The molecule has 11 heteroatoms. The van der Waals surface area contributed by atoms with Gasteiger partial charge in [-0.15, -0.1) is 0 Å². The van der Waals surface area contributed by atoms with E-state index in [1.165, 1.54) is 49.5 Å². The second-order valence-electron chi connectivity index (χ2n) is 12.8. The molecule has 6 aliphatic heterocycles. The van der Waals surface area contributed by atoms with Crippen LogP contribution in [-0.4, -0.2) is 50.8 Å². The van der Waals surface area contributed by atoms with Crippen molar-refractivity contribution in [1.29, 1.82) is 0 Å². The number of hydrogen-bond acceptors (Lipinski definition) is 1. The first-order valence-electron chi connectivity index (χ1n) is 13.9. The zero-order valence-electron chi connectivity index (χ0n) is 21.3. The fraction of sp³-hybridized carbons (Fsp3) is 0.111. The van der Waals surface area contributed by atoms with E-state index in [1.54, 1.807) is 10.8 Å². The van der Waals surface area contributed by atoms with Crippen LogP contribution in [0.25, 0.3) is 27.5 Å². The Labute approximate surface area is 226 Å². The van der Waals surface area contributed by atoms with Crippen molar-refractivity contribution >= 4 is 104 Å². The molecule has 38 heavy (non-hydrogen) atoms. The van der Waals surface area contributed by atoms with Gasteiger partial charge >= 0.3 is 228 Å². The summed E-state index contributed by atoms with van der Waals surface area (Å²) in [6.45, 7) is 10.4. The number of fused-ring (bicyclic) bond motifs is 9. The summed E-state index contributed by atoms with van der Waals surface area (Å²) >= 11 is 0. The zero-order chi connectivity index (χ0) is 24.8. The van der Waals surface area contributed by atoms with Crippen LogP contribution in [0.15, 0.2) is 83.4 Å². The summed E-state index contributed by atoms with van der Waals surface area (Å²) in [6.07, 6.45) is -0.0203. The van der Waals surface area contributed by atoms with Crippen molar-refractivity contribution in [3.63, 3.8) is 0 Å². The molecule has 7 heterocycles. The summed E-state index contributed by atoms with van der Waals surface area (Å²) in [4.78, 5) is 0. The van der Waals surface area contributed by atoms with Crippen LogP contribution in [0.3, 0.4) is 0 Å². The SMILES string of the molecule is CC1(C)c2ccccc2B2c3c(cccc31)-n1c3ccccc3c3ccc(P45(N=[P+]6B7[B-]B76)[B]B4[B-]5)c2c31. The van der Waals surface area contributed by atoms with Crippen LogP contribution in [0.4, 0.5) is 0 Å². The molecule has 0 spiro atoms. The average molecular weight is 509 g/mol. The fourth-order valence-corrected chi connectivity index (χ4v) is 17.8. The summed E-state index contributed by atoms with van der Waals surface area (Å²) in [5.74, 6) is 0. The standard InChI is InChI=1S/C27H19B7N2P2/c1-27(2)18-9-4-5-11-20(18)31-24-19(27)10-7-13-22(24)36-21-12-6-3-8-16(21)17-14-15-23(25(31)26(17)36)38(29-32(38)30-38)35-37-33-28-34(33)37/h3-15H,1-2H3/q-1. The van der Waals surface area contributed by atoms with E-state index in [9.17, 15) is 0 Å². The predicted molar refractivity (Wildman–Crippen MR) is 174 cm³/mol. The van der Waals surface area contributed by atoms with Crippen LogP contribution in [0.1, 0.15) is 25.0 Å². The molecule has 0 aliphatic carbocycles. The molecular weight excluding hydrogens is 490 g/mol. The van der Waals surface area contributed by atoms with Gasteiger partial charge in [-0.25, -0.2) is 0 Å². The number of hydrogen-bond donors (Lipinski definition) is 0. The van der Waals surface area contributed by atoms with Gasteiger partial charge in [0.25, 0.3) is 0 Å². The van der Waals surface area contributed by atoms with Gasteiger partial charge in [-0.2, -0.15) is 0 Å². The topological polar surface area (TPSA) is 17.3 Å². The Bertz CT molecular complexity index is 2050. The van der Waals surface area contributed by atoms with Gasteiger partial charge in [-0.05, 0) is 0 Å². The van der Waals surface area contributed by atoms with Gasteiger partial charge in [-0.1, -0.05) is 0 Å². The summed E-state index contributed by atoms with van der Waals surface area (Å²) < 4.78 is 8.47. The van der Waals surface area contributed by atoms with Gasteiger partial charge in [-0.3, -0.25) is 0 Å². The maximum atomic E-state index is 5.86. The number of para-hydroxylation sites is 1. The van der Waals surface area contributed by atoms with Gasteiger partial charge < -0.3 is 0 Å². The Hall–Kier alpha value is -2.34. The molecule has 0 atom stereocenters. The van der Waals surface area contributed by atoms with Crippen molar-refractivity contribution in [2.75, 3.05) is 0 Å². The number of benzene rings is 4. The van der Waals surface area contributed by atoms with Crippen LogP contribution in [0.2, 0.25) is 0 Å². The minimum absolute atomic E-state index is 0.0433. The second kappa shape index (κ2) is 5.89. The number of aromatic nitrogens is 1. The van der Waals surface area contributed by atoms with E-state index in [4.69, 9.17) is 4.52 Å². The molecule has 6 aliphatic rings. The van der Waals surface area contributed by atoms with Crippen LogP contribution in [0.5, 0.6) is 0 Å². The molecule has 0 unspecified atom stereocenters. The van der Waals surface area contributed by atoms with E-state index in [1.807, 2.05) is 0 Å². The van der Waals surface area contributed by atoms with E-state index in [0.717, 1.165) is 12.4 Å². The second-order valence-corrected chi connectivity index (χ2v) is 19.7. The summed E-state index contributed by atoms with van der Waals surface area (Å²) in [6, 6.07) is 30.4. The molecule has 0 N–H and O–H groups in total. The number of nitrogens with zero attached hydrogens (tertiary/aromatic N) is 2. The minimum atomic E-state index is -2.36. The molecule has 11 rings (SSSR count). The first-order valence-corrected chi connectivity index (χ1v) is 17.8. The molecule has 5 aromatic rings. The average Bonchev–Trinajstić information content (AvgIpc) is 3.84. The molecule has 4 saturated heterocycles. The van der Waals surface area contributed by atoms with Crippen molar-refractivity contribution in [1.82, 2.24) is 4.57 Å². The summed E-state index contributed by atoms with van der Waals surface area (Å²) in [5, 5.41) is 4.34. The van der Waals surface area contributed by atoms with Gasteiger partial charge in [0.2, 0.25) is 0 Å². The zero-order valence-corrected chi connectivity index (χ0v) is 23.1. The molecule has 0 bridgehead atoms. The molecule has 4 fully saturated rings. The molecule has 4 aromatic carbocycles. The Morgan fingerprint density at radius 1 is 0.868 bits per heavy atom. The van der Waals surface area contributed by atoms with Crippen molar-refractivity contribution in [3.05, 3.63) is 90.0 Å². The quantitative estimate of drug-likeness (QED) is 0.253. The van der Waals surface area contributed by atoms with E-state index in [2.05, 4.69) is 118 Å². The third-order valence-corrected chi connectivity index (χ3v) is 19.2. The number of rotatable bonds is 2. The fourth-order valence-electron chi connectivity index (χ4n) is 8.41. The first kappa shape index (κ1) is 20.6. The molecule has 169 valence electrons. The van der Waals surface area contributed by atoms with E-state index in [0.29, 0.717) is 6.21 Å². The molecule has 0 amide bonds. The van der Waals surface area contributed by atoms with Gasteiger partial charge in [0.15, 0.2) is 0 Å². The molecule has 2 nitrogen and oxygen atoms in total. The van der Waals surface area contributed by atoms with Gasteiger partial charge in [0, 0.05) is 0 Å². The van der Waals surface area contributed by atoms with Crippen LogP contribution in [0, 0.1) is 0 Å². The van der Waals surface area contributed by atoms with Crippen LogP contribution >= 0.6 is 13.9 Å². The van der Waals surface area contributed by atoms with Gasteiger partial charge in [0.1, 0.15) is 0 Å². The Morgan fingerprint density at radius 3 is 2.42 bits per heavy atom. The third kappa shape index (κ3) is 2.04. The van der Waals surface area contributed by atoms with Gasteiger partial charge in [0.05, 0.1) is 0 Å². The molecular formula is C27H19B7N2P2-. The normalized spacial score (nSPS) is 23.0. The van der Waals surface area contributed by atoms with Crippen molar-refractivity contribution in [2.24, 2.45) is 4.52 Å². The van der Waals surface area contributed by atoms with Crippen molar-refractivity contribution < 1.29 is 0 Å². The Kier molecular flexibility index (Phi) is 3.19. The van der Waals surface area contributed by atoms with E-state index < -0.39 is 6.39 Å². The molecule has 1 aromatic heterocycles. The van der Waals surface area contributed by atoms with Crippen LogP contribution < -0.4 is 21.7 Å².